The molecule has 64 heavy (non-hydrogen) atoms. The van der Waals surface area contributed by atoms with Crippen LogP contribution in [0.5, 0.6) is 0 Å². The summed E-state index contributed by atoms with van der Waals surface area (Å²) in [6.07, 6.45) is 11.4. The maximum Gasteiger partial charge on any atom is 0.388 e. The first-order valence-electron chi connectivity index (χ1n) is 24.9. The largest absolute Gasteiger partial charge is 0.388 e. The van der Waals surface area contributed by atoms with Crippen molar-refractivity contribution < 1.29 is 0 Å². The Kier molecular flexibility index (Phi) is 15.5. The fraction of sp³-hybridized carbons (Fsp3) is 0.483. The lowest BCUT2D eigenvalue weighted by atomic mass is 9.61. The molecule has 0 aliphatic carbocycles. The van der Waals surface area contributed by atoms with E-state index in [0.717, 1.165) is 12.6 Å². The van der Waals surface area contributed by atoms with Crippen LogP contribution in [0, 0.1) is 0 Å². The average molecular weight is 857 g/mol. The third-order valence-electron chi connectivity index (χ3n) is 14.2. The number of nitrogens with zero attached hydrogens (tertiary/aromatic N) is 4. The van der Waals surface area contributed by atoms with Gasteiger partial charge >= 0.3 is 14.0 Å². The molecule has 2 heterocycles. The van der Waals surface area contributed by atoms with Gasteiger partial charge in [0.2, 0.25) is 0 Å². The zero-order valence-electron chi connectivity index (χ0n) is 43.2. The van der Waals surface area contributed by atoms with Crippen molar-refractivity contribution in [2.75, 3.05) is 19.2 Å². The molecule has 0 spiro atoms. The summed E-state index contributed by atoms with van der Waals surface area (Å²) < 4.78 is 0. The average Bonchev–Trinajstić information content (AvgIpc) is 3.85. The number of allylic oxidation sites excluding steroid dienone is 2. The van der Waals surface area contributed by atoms with Gasteiger partial charge in [-0.1, -0.05) is 195 Å². The van der Waals surface area contributed by atoms with Gasteiger partial charge in [-0.05, 0) is 118 Å². The number of hydrogen-bond donors (Lipinski definition) is 0. The van der Waals surface area contributed by atoms with E-state index in [1.165, 1.54) is 78.4 Å². The molecule has 0 saturated heterocycles. The molecule has 2 aliphatic heterocycles. The second-order valence-corrected chi connectivity index (χ2v) is 21.5. The number of rotatable bonds is 16. The maximum atomic E-state index is 2.65. The molecule has 0 N–H and O–H groups in total. The topological polar surface area (TPSA) is 13.0 Å². The van der Waals surface area contributed by atoms with Crippen molar-refractivity contribution in [2.45, 2.75) is 185 Å². The van der Waals surface area contributed by atoms with E-state index in [0.29, 0.717) is 47.3 Å². The SMILES string of the molecule is C/C(CB1N(c2c(C(C)C)cccc2C(C)C)C=CN1c1c(C(C)C)cccc1C(C)C)=C(/C)CB1N(c2c(C(C)C)cccc2C(C)C)C=CN1c1c(C(C)C)cccc1C(C)C. The van der Waals surface area contributed by atoms with Crippen molar-refractivity contribution in [2.24, 2.45) is 0 Å². The number of para-hydroxylation sites is 4. The molecule has 0 radical (unpaired) electrons. The van der Waals surface area contributed by atoms with Gasteiger partial charge in [0.15, 0.2) is 0 Å². The maximum absolute atomic E-state index is 2.65. The quantitative estimate of drug-likeness (QED) is 0.0822. The van der Waals surface area contributed by atoms with Crippen LogP contribution in [0.25, 0.3) is 0 Å². The van der Waals surface area contributed by atoms with Gasteiger partial charge < -0.3 is 19.2 Å². The smallest absolute Gasteiger partial charge is 0.370 e. The van der Waals surface area contributed by atoms with E-state index >= 15 is 0 Å². The predicted octanol–water partition coefficient (Wildman–Crippen LogP) is 17.3. The third-order valence-corrected chi connectivity index (χ3v) is 14.2. The summed E-state index contributed by atoms with van der Waals surface area (Å²) in [7, 11) is 0. The minimum atomic E-state index is 0.0714. The minimum Gasteiger partial charge on any atom is -0.370 e. The van der Waals surface area contributed by atoms with Crippen molar-refractivity contribution in [1.29, 1.82) is 0 Å². The van der Waals surface area contributed by atoms with Crippen LogP contribution in [0.1, 0.15) is 216 Å². The summed E-state index contributed by atoms with van der Waals surface area (Å²) in [5, 5.41) is 0. The molecule has 6 rings (SSSR count). The normalized spacial score (nSPS) is 15.0. The minimum absolute atomic E-state index is 0.0714. The van der Waals surface area contributed by atoms with Crippen LogP contribution < -0.4 is 19.2 Å². The second-order valence-electron chi connectivity index (χ2n) is 21.5. The molecular formula is C58H82B2N4. The number of hydrogen-bond acceptors (Lipinski definition) is 4. The molecule has 0 bridgehead atoms. The first kappa shape index (κ1) is 48.9. The summed E-state index contributed by atoms with van der Waals surface area (Å²) in [6.45, 7) is 42.7. The summed E-state index contributed by atoms with van der Waals surface area (Å²) in [5.74, 6) is 3.15. The van der Waals surface area contributed by atoms with Crippen molar-refractivity contribution >= 4 is 36.7 Å². The van der Waals surface area contributed by atoms with Gasteiger partial charge in [-0.15, -0.1) is 0 Å². The molecule has 0 fully saturated rings. The lowest BCUT2D eigenvalue weighted by Gasteiger charge is -2.37. The molecule has 340 valence electrons. The van der Waals surface area contributed by atoms with Crippen LogP contribution in [0.15, 0.2) is 109 Å². The Labute approximate surface area is 392 Å². The fourth-order valence-corrected chi connectivity index (χ4v) is 10.4. The molecular weight excluding hydrogens is 774 g/mol. The van der Waals surface area contributed by atoms with E-state index in [-0.39, 0.29) is 14.0 Å². The first-order valence-corrected chi connectivity index (χ1v) is 24.9. The van der Waals surface area contributed by atoms with Gasteiger partial charge in [0.05, 0.1) is 0 Å². The number of benzene rings is 4. The molecule has 4 aromatic rings. The van der Waals surface area contributed by atoms with Crippen LogP contribution >= 0.6 is 0 Å². The molecule has 0 atom stereocenters. The zero-order valence-corrected chi connectivity index (χ0v) is 43.2. The van der Waals surface area contributed by atoms with Crippen molar-refractivity contribution in [1.82, 2.24) is 0 Å². The van der Waals surface area contributed by atoms with E-state index in [4.69, 9.17) is 0 Å². The van der Waals surface area contributed by atoms with Crippen LogP contribution in [-0.4, -0.2) is 14.0 Å². The standard InChI is InChI=1S/C58H82B2N4/c1-37(2)47-23-19-24-48(38(3)4)55(47)61-31-32-62(56-49(39(5)6)25-20-26-50(56)40(7)8)59(61)35-45(17)46(18)36-60-63(57-51(41(9)10)27-21-28-52(57)42(11)12)33-34-64(60)58-53(43(13)14)29-22-30-54(58)44(15)16/h19-34,37-44H,35-36H2,1-18H3/b46-45+. The molecule has 0 unspecified atom stereocenters. The fourth-order valence-electron chi connectivity index (χ4n) is 10.4. The molecule has 4 nitrogen and oxygen atoms in total. The van der Waals surface area contributed by atoms with Crippen LogP contribution in [0.2, 0.25) is 12.6 Å². The van der Waals surface area contributed by atoms with E-state index in [1.807, 2.05) is 0 Å². The lowest BCUT2D eigenvalue weighted by Crippen LogP contribution is -2.46. The van der Waals surface area contributed by atoms with E-state index in [9.17, 15) is 0 Å². The molecule has 0 amide bonds. The predicted molar refractivity (Wildman–Crippen MR) is 286 cm³/mol. The van der Waals surface area contributed by atoms with Crippen molar-refractivity contribution in [3.63, 3.8) is 0 Å². The monoisotopic (exact) mass is 857 g/mol. The van der Waals surface area contributed by atoms with Gasteiger partial charge in [0.25, 0.3) is 0 Å². The van der Waals surface area contributed by atoms with Gasteiger partial charge in [-0.2, -0.15) is 0 Å². The molecule has 2 aliphatic rings. The third kappa shape index (κ3) is 9.68. The summed E-state index contributed by atoms with van der Waals surface area (Å²) in [6, 6.07) is 28.0. The van der Waals surface area contributed by atoms with Crippen LogP contribution in [-0.2, 0) is 0 Å². The van der Waals surface area contributed by atoms with Crippen LogP contribution in [0.4, 0.5) is 22.7 Å². The summed E-state index contributed by atoms with van der Waals surface area (Å²) in [4.78, 5) is 10.6. The Morgan fingerprint density at radius 2 is 0.469 bits per heavy atom. The Hall–Kier alpha value is -4.57. The van der Waals surface area contributed by atoms with E-state index in [2.05, 4.69) is 241 Å². The Morgan fingerprint density at radius 1 is 0.312 bits per heavy atom. The number of anilines is 4. The van der Waals surface area contributed by atoms with Crippen molar-refractivity contribution in [3.05, 3.63) is 153 Å². The van der Waals surface area contributed by atoms with Crippen LogP contribution in [0.3, 0.4) is 0 Å². The molecule has 6 heteroatoms. The summed E-state index contributed by atoms with van der Waals surface area (Å²) >= 11 is 0. The second kappa shape index (κ2) is 20.3. The van der Waals surface area contributed by atoms with Gasteiger partial charge in [0.1, 0.15) is 0 Å². The molecule has 0 saturated carbocycles. The van der Waals surface area contributed by atoms with Gasteiger partial charge in [0, 0.05) is 47.5 Å². The van der Waals surface area contributed by atoms with Gasteiger partial charge in [-0.3, -0.25) is 0 Å². The molecule has 0 aromatic heterocycles. The Morgan fingerprint density at radius 3 is 0.609 bits per heavy atom. The van der Waals surface area contributed by atoms with Gasteiger partial charge in [-0.25, -0.2) is 0 Å². The van der Waals surface area contributed by atoms with E-state index < -0.39 is 0 Å². The molecule has 4 aromatic carbocycles. The zero-order chi connectivity index (χ0) is 46.9. The highest BCUT2D eigenvalue weighted by atomic mass is 15.3. The first-order chi connectivity index (χ1) is 30.3. The van der Waals surface area contributed by atoms with E-state index in [1.54, 1.807) is 0 Å². The highest BCUT2D eigenvalue weighted by Crippen LogP contribution is 2.46. The van der Waals surface area contributed by atoms with Crippen molar-refractivity contribution in [3.8, 4) is 0 Å². The summed E-state index contributed by atoms with van der Waals surface area (Å²) in [5.41, 5.74) is 19.8. The highest BCUT2D eigenvalue weighted by molar-refractivity contribution is 6.71. The Balaban J connectivity index is 1.55. The Bertz CT molecular complexity index is 1930. The lowest BCUT2D eigenvalue weighted by molar-refractivity contribution is 0.830. The highest BCUT2D eigenvalue weighted by Gasteiger charge is 2.42.